The second-order valence-electron chi connectivity index (χ2n) is 8.40. The van der Waals surface area contributed by atoms with E-state index in [0.29, 0.717) is 12.5 Å². The summed E-state index contributed by atoms with van der Waals surface area (Å²) in [4.78, 5) is 21.7. The van der Waals surface area contributed by atoms with Gasteiger partial charge in [0.15, 0.2) is 0 Å². The molecule has 1 aliphatic carbocycles. The molecule has 2 aliphatic rings. The van der Waals surface area contributed by atoms with Gasteiger partial charge in [-0.05, 0) is 79.1 Å². The number of rotatable bonds is 7. The van der Waals surface area contributed by atoms with Crippen LogP contribution in [-0.2, 0) is 11.2 Å². The Morgan fingerprint density at radius 2 is 1.93 bits per heavy atom. The van der Waals surface area contributed by atoms with E-state index in [-0.39, 0.29) is 5.91 Å². The number of carbonyl (C=O) groups is 1. The summed E-state index contributed by atoms with van der Waals surface area (Å²) in [6, 6.07) is 8.56. The summed E-state index contributed by atoms with van der Waals surface area (Å²) in [5, 5.41) is 7.34. The molecule has 5 nitrogen and oxygen atoms in total. The minimum atomic E-state index is 0.178. The summed E-state index contributed by atoms with van der Waals surface area (Å²) in [6.07, 6.45) is 8.45. The van der Waals surface area contributed by atoms with E-state index < -0.39 is 0 Å². The van der Waals surface area contributed by atoms with Gasteiger partial charge in [-0.3, -0.25) is 9.69 Å². The second-order valence-corrected chi connectivity index (χ2v) is 9.18. The highest BCUT2D eigenvalue weighted by molar-refractivity contribution is 7.08. The van der Waals surface area contributed by atoms with Gasteiger partial charge in [0, 0.05) is 38.4 Å². The lowest BCUT2D eigenvalue weighted by atomic mass is 9.84. The summed E-state index contributed by atoms with van der Waals surface area (Å²) in [6.45, 7) is 5.60. The van der Waals surface area contributed by atoms with E-state index in [1.807, 2.05) is 23.7 Å². The van der Waals surface area contributed by atoms with Gasteiger partial charge in [-0.2, -0.15) is 11.3 Å². The Labute approximate surface area is 178 Å². The lowest BCUT2D eigenvalue weighted by molar-refractivity contribution is -0.121. The molecule has 156 valence electrons. The average Bonchev–Trinajstić information content (AvgIpc) is 3.27. The molecule has 2 fully saturated rings. The van der Waals surface area contributed by atoms with Crippen LogP contribution in [0.5, 0.6) is 0 Å². The molecule has 1 saturated carbocycles. The van der Waals surface area contributed by atoms with Crippen LogP contribution in [0.25, 0.3) is 0 Å². The number of thiophene rings is 1. The summed E-state index contributed by atoms with van der Waals surface area (Å²) >= 11 is 1.65. The van der Waals surface area contributed by atoms with Crippen LogP contribution in [0.3, 0.4) is 0 Å². The summed E-state index contributed by atoms with van der Waals surface area (Å²) < 4.78 is 0. The van der Waals surface area contributed by atoms with Gasteiger partial charge in [0.25, 0.3) is 0 Å². The maximum atomic E-state index is 12.2. The first-order valence-electron chi connectivity index (χ1n) is 10.9. The largest absolute Gasteiger partial charge is 0.354 e. The molecular weight excluding hydrogens is 380 g/mol. The Hall–Kier alpha value is -1.92. The Bertz CT molecular complexity index is 736. The number of piperazine rings is 1. The van der Waals surface area contributed by atoms with E-state index in [0.717, 1.165) is 56.3 Å². The highest BCUT2D eigenvalue weighted by Gasteiger charge is 2.24. The number of pyridine rings is 1. The third-order valence-electron chi connectivity index (χ3n) is 6.36. The number of nitrogens with one attached hydrogen (secondary N) is 1. The smallest absolute Gasteiger partial charge is 0.224 e. The Balaban J connectivity index is 1.11. The average molecular weight is 413 g/mol. The van der Waals surface area contributed by atoms with Crippen LogP contribution in [0.15, 0.2) is 41.2 Å². The monoisotopic (exact) mass is 412 g/mol. The Morgan fingerprint density at radius 3 is 2.62 bits per heavy atom. The minimum Gasteiger partial charge on any atom is -0.354 e. The highest BCUT2D eigenvalue weighted by Crippen LogP contribution is 2.27. The van der Waals surface area contributed by atoms with Crippen LogP contribution >= 0.6 is 11.3 Å². The van der Waals surface area contributed by atoms with Crippen LogP contribution in [0, 0.1) is 5.92 Å². The molecule has 0 spiro atoms. The first-order valence-corrected chi connectivity index (χ1v) is 11.9. The van der Waals surface area contributed by atoms with Gasteiger partial charge in [-0.1, -0.05) is 6.07 Å². The van der Waals surface area contributed by atoms with Gasteiger partial charge in [0.2, 0.25) is 5.91 Å². The molecule has 1 N–H and O–H groups in total. The van der Waals surface area contributed by atoms with Crippen molar-refractivity contribution in [3.05, 3.63) is 46.8 Å². The first kappa shape index (κ1) is 20.4. The maximum absolute atomic E-state index is 12.2. The molecular formula is C23H32N4OS. The van der Waals surface area contributed by atoms with Crippen LogP contribution in [0.2, 0.25) is 0 Å². The van der Waals surface area contributed by atoms with Gasteiger partial charge < -0.3 is 10.2 Å². The highest BCUT2D eigenvalue weighted by atomic mass is 32.1. The number of anilines is 1. The predicted octanol–water partition coefficient (Wildman–Crippen LogP) is 3.57. The summed E-state index contributed by atoms with van der Waals surface area (Å²) in [5.74, 6) is 2.10. The quantitative estimate of drug-likeness (QED) is 0.755. The minimum absolute atomic E-state index is 0.178. The number of hydrogen-bond donors (Lipinski definition) is 1. The van der Waals surface area contributed by atoms with Gasteiger partial charge >= 0.3 is 0 Å². The molecule has 6 heteroatoms. The van der Waals surface area contributed by atoms with E-state index in [9.17, 15) is 4.79 Å². The van der Waals surface area contributed by atoms with Crippen molar-refractivity contribution >= 4 is 23.1 Å². The topological polar surface area (TPSA) is 48.5 Å². The normalized spacial score (nSPS) is 23.1. The third-order valence-corrected chi connectivity index (χ3v) is 7.09. The van der Waals surface area contributed by atoms with Crippen molar-refractivity contribution < 1.29 is 4.79 Å². The van der Waals surface area contributed by atoms with Crippen molar-refractivity contribution in [2.45, 2.75) is 44.6 Å². The van der Waals surface area contributed by atoms with Crippen molar-refractivity contribution in [2.24, 2.45) is 5.92 Å². The number of amides is 1. The Kier molecular flexibility index (Phi) is 7.17. The zero-order chi connectivity index (χ0) is 19.9. The Morgan fingerprint density at radius 1 is 1.10 bits per heavy atom. The molecule has 0 bridgehead atoms. The van der Waals surface area contributed by atoms with Gasteiger partial charge in [-0.25, -0.2) is 4.98 Å². The van der Waals surface area contributed by atoms with Crippen molar-refractivity contribution in [2.75, 3.05) is 37.6 Å². The van der Waals surface area contributed by atoms with Crippen molar-refractivity contribution in [3.63, 3.8) is 0 Å². The number of aromatic nitrogens is 1. The van der Waals surface area contributed by atoms with Crippen LogP contribution < -0.4 is 10.2 Å². The molecule has 1 saturated heterocycles. The molecule has 0 atom stereocenters. The molecule has 0 unspecified atom stereocenters. The van der Waals surface area contributed by atoms with Crippen molar-refractivity contribution in [3.8, 4) is 0 Å². The number of hydrogen-bond acceptors (Lipinski definition) is 5. The first-order chi connectivity index (χ1) is 14.3. The SMILES string of the molecule is O=C(Cc1ccsc1)NC1CCC(CCN2CCN(c3ccccn3)CC2)CC1. The standard InChI is InChI=1S/C23H32N4OS/c28-23(17-20-9-16-29-18-20)25-21-6-4-19(5-7-21)8-11-26-12-14-27(15-13-26)22-3-1-2-10-24-22/h1-3,9-10,16,18-19,21H,4-8,11-15,17H2,(H,25,28). The van der Waals surface area contributed by atoms with Crippen molar-refractivity contribution in [1.29, 1.82) is 0 Å². The van der Waals surface area contributed by atoms with Gasteiger partial charge in [0.1, 0.15) is 5.82 Å². The molecule has 1 aliphatic heterocycles. The van der Waals surface area contributed by atoms with Crippen LogP contribution in [0.4, 0.5) is 5.82 Å². The van der Waals surface area contributed by atoms with E-state index in [1.165, 1.54) is 25.8 Å². The lowest BCUT2D eigenvalue weighted by Crippen LogP contribution is -2.47. The zero-order valence-electron chi connectivity index (χ0n) is 17.1. The molecule has 4 rings (SSSR count). The third kappa shape index (κ3) is 6.03. The molecule has 2 aromatic rings. The number of nitrogens with zero attached hydrogens (tertiary/aromatic N) is 3. The second kappa shape index (κ2) is 10.2. The number of carbonyl (C=O) groups excluding carboxylic acids is 1. The van der Waals surface area contributed by atoms with Crippen LogP contribution in [0.1, 0.15) is 37.7 Å². The van der Waals surface area contributed by atoms with Crippen LogP contribution in [-0.4, -0.2) is 54.6 Å². The molecule has 0 radical (unpaired) electrons. The molecule has 29 heavy (non-hydrogen) atoms. The molecule has 2 aromatic heterocycles. The van der Waals surface area contributed by atoms with E-state index >= 15 is 0 Å². The fourth-order valence-electron chi connectivity index (χ4n) is 4.56. The van der Waals surface area contributed by atoms with Gasteiger partial charge in [0.05, 0.1) is 6.42 Å². The summed E-state index contributed by atoms with van der Waals surface area (Å²) in [5.41, 5.74) is 1.13. The van der Waals surface area contributed by atoms with E-state index in [2.05, 4.69) is 37.6 Å². The van der Waals surface area contributed by atoms with Crippen molar-refractivity contribution in [1.82, 2.24) is 15.2 Å². The molecule has 1 amide bonds. The fraction of sp³-hybridized carbons (Fsp3) is 0.565. The summed E-state index contributed by atoms with van der Waals surface area (Å²) in [7, 11) is 0. The maximum Gasteiger partial charge on any atom is 0.224 e. The zero-order valence-corrected chi connectivity index (χ0v) is 17.9. The van der Waals surface area contributed by atoms with E-state index in [4.69, 9.17) is 0 Å². The molecule has 3 heterocycles. The predicted molar refractivity (Wildman–Crippen MR) is 119 cm³/mol. The van der Waals surface area contributed by atoms with Gasteiger partial charge in [-0.15, -0.1) is 0 Å². The fourth-order valence-corrected chi connectivity index (χ4v) is 5.23. The lowest BCUT2D eigenvalue weighted by Gasteiger charge is -2.36. The molecule has 0 aromatic carbocycles. The van der Waals surface area contributed by atoms with E-state index in [1.54, 1.807) is 11.3 Å².